The molecule has 0 spiro atoms. The average molecular weight is 545 g/mol. The van der Waals surface area contributed by atoms with E-state index in [1.54, 1.807) is 0 Å². The first kappa shape index (κ1) is 28.1. The minimum absolute atomic E-state index is 0. The molecule has 7 heteroatoms. The van der Waals surface area contributed by atoms with Gasteiger partial charge in [0.05, 0.1) is 6.54 Å². The summed E-state index contributed by atoms with van der Waals surface area (Å²) in [6, 6.07) is 11.7. The Bertz CT molecular complexity index is 603. The van der Waals surface area contributed by atoms with Crippen LogP contribution in [0.15, 0.2) is 35.3 Å². The van der Waals surface area contributed by atoms with Crippen LogP contribution in [-0.2, 0) is 6.54 Å². The molecule has 0 bridgehead atoms. The molecule has 2 N–H and O–H groups in total. The molecule has 1 fully saturated rings. The Kier molecular flexibility index (Phi) is 14.4. The zero-order valence-electron chi connectivity index (χ0n) is 20.3. The van der Waals surface area contributed by atoms with Crippen LogP contribution in [0.25, 0.3) is 0 Å². The maximum atomic E-state index is 4.86. The van der Waals surface area contributed by atoms with Gasteiger partial charge in [-0.15, -0.1) is 24.0 Å². The Labute approximate surface area is 207 Å². The molecule has 0 amide bonds. The smallest absolute Gasteiger partial charge is 0.191 e. The number of rotatable bonds is 11. The molecule has 2 atom stereocenters. The van der Waals surface area contributed by atoms with Crippen LogP contribution in [0.3, 0.4) is 0 Å². The van der Waals surface area contributed by atoms with Gasteiger partial charge in [-0.2, -0.15) is 0 Å². The fourth-order valence-corrected chi connectivity index (χ4v) is 3.85. The van der Waals surface area contributed by atoms with Crippen LogP contribution >= 0.6 is 24.0 Å². The average Bonchev–Trinajstić information content (AvgIpc) is 2.77. The first-order valence-electron chi connectivity index (χ1n) is 11.8. The molecule has 178 valence electrons. The van der Waals surface area contributed by atoms with Crippen molar-refractivity contribution in [1.29, 1.82) is 0 Å². The lowest BCUT2D eigenvalue weighted by Gasteiger charge is -2.37. The Morgan fingerprint density at radius 3 is 2.35 bits per heavy atom. The van der Waals surface area contributed by atoms with E-state index < -0.39 is 0 Å². The second-order valence-corrected chi connectivity index (χ2v) is 8.50. The van der Waals surface area contributed by atoms with Gasteiger partial charge >= 0.3 is 0 Å². The van der Waals surface area contributed by atoms with Crippen molar-refractivity contribution in [3.05, 3.63) is 35.9 Å². The van der Waals surface area contributed by atoms with E-state index in [1.165, 1.54) is 18.7 Å². The van der Waals surface area contributed by atoms with Crippen molar-refractivity contribution in [2.45, 2.75) is 52.7 Å². The fraction of sp³-hybridized carbons (Fsp3) is 0.708. The minimum atomic E-state index is 0. The molecular weight excluding hydrogens is 499 g/mol. The van der Waals surface area contributed by atoms with Crippen LogP contribution in [0.4, 0.5) is 0 Å². The van der Waals surface area contributed by atoms with Crippen LogP contribution in [0, 0.1) is 0 Å². The van der Waals surface area contributed by atoms with Crippen LogP contribution in [0.5, 0.6) is 0 Å². The molecule has 0 aromatic heterocycles. The van der Waals surface area contributed by atoms with Gasteiger partial charge in [-0.05, 0) is 46.3 Å². The van der Waals surface area contributed by atoms with Crippen LogP contribution in [-0.4, -0.2) is 92.1 Å². The van der Waals surface area contributed by atoms with Crippen molar-refractivity contribution in [3.63, 3.8) is 0 Å². The van der Waals surface area contributed by atoms with Crippen molar-refractivity contribution >= 4 is 29.9 Å². The second-order valence-electron chi connectivity index (χ2n) is 8.50. The van der Waals surface area contributed by atoms with E-state index in [2.05, 4.69) is 90.4 Å². The maximum Gasteiger partial charge on any atom is 0.191 e. The Hall–Kier alpha value is -0.900. The summed E-state index contributed by atoms with van der Waals surface area (Å²) in [6.45, 7) is 18.4. The summed E-state index contributed by atoms with van der Waals surface area (Å²) < 4.78 is 0. The second kappa shape index (κ2) is 15.8. The number of guanidine groups is 1. The van der Waals surface area contributed by atoms with Crippen LogP contribution in [0.1, 0.15) is 39.7 Å². The number of piperazine rings is 1. The predicted molar refractivity (Wildman–Crippen MR) is 145 cm³/mol. The van der Waals surface area contributed by atoms with E-state index in [1.807, 2.05) is 0 Å². The van der Waals surface area contributed by atoms with E-state index in [4.69, 9.17) is 4.99 Å². The van der Waals surface area contributed by atoms with Gasteiger partial charge in [0.15, 0.2) is 5.96 Å². The number of aliphatic imine (C=N–C) groups is 1. The van der Waals surface area contributed by atoms with Gasteiger partial charge in [0.25, 0.3) is 0 Å². The molecule has 6 nitrogen and oxygen atoms in total. The maximum absolute atomic E-state index is 4.86. The lowest BCUT2D eigenvalue weighted by molar-refractivity contribution is 0.109. The van der Waals surface area contributed by atoms with E-state index in [9.17, 15) is 0 Å². The summed E-state index contributed by atoms with van der Waals surface area (Å²) in [4.78, 5) is 12.4. The molecule has 1 aliphatic rings. The van der Waals surface area contributed by atoms with Crippen LogP contribution in [0.2, 0.25) is 0 Å². The molecule has 1 aliphatic heterocycles. The Morgan fingerprint density at radius 1 is 1.06 bits per heavy atom. The number of hydrogen-bond donors (Lipinski definition) is 2. The number of nitrogens with zero attached hydrogens (tertiary/aromatic N) is 4. The first-order valence-corrected chi connectivity index (χ1v) is 11.8. The molecule has 2 unspecified atom stereocenters. The minimum Gasteiger partial charge on any atom is -0.357 e. The summed E-state index contributed by atoms with van der Waals surface area (Å²) in [5.74, 6) is 0.939. The molecule has 2 rings (SSSR count). The summed E-state index contributed by atoms with van der Waals surface area (Å²) in [7, 11) is 2.21. The highest BCUT2D eigenvalue weighted by Crippen LogP contribution is 2.08. The zero-order valence-corrected chi connectivity index (χ0v) is 22.6. The lowest BCUT2D eigenvalue weighted by atomic mass is 10.1. The third-order valence-electron chi connectivity index (χ3n) is 6.22. The van der Waals surface area contributed by atoms with Crippen molar-refractivity contribution in [1.82, 2.24) is 25.3 Å². The van der Waals surface area contributed by atoms with Gasteiger partial charge in [-0.3, -0.25) is 14.8 Å². The van der Waals surface area contributed by atoms with Gasteiger partial charge < -0.3 is 15.5 Å². The van der Waals surface area contributed by atoms with Crippen molar-refractivity contribution in [3.8, 4) is 0 Å². The molecular formula is C24H45IN6. The quantitative estimate of drug-likeness (QED) is 0.255. The summed E-state index contributed by atoms with van der Waals surface area (Å²) in [5, 5.41) is 6.93. The van der Waals surface area contributed by atoms with Crippen molar-refractivity contribution in [2.75, 3.05) is 59.4 Å². The van der Waals surface area contributed by atoms with Gasteiger partial charge in [-0.25, -0.2) is 0 Å². The van der Waals surface area contributed by atoms with Gasteiger partial charge in [0.2, 0.25) is 0 Å². The van der Waals surface area contributed by atoms with Crippen molar-refractivity contribution < 1.29 is 0 Å². The summed E-state index contributed by atoms with van der Waals surface area (Å²) in [5.41, 5.74) is 1.36. The van der Waals surface area contributed by atoms with Gasteiger partial charge in [-0.1, -0.05) is 37.3 Å². The molecule has 1 aromatic rings. The topological polar surface area (TPSA) is 46.1 Å². The lowest BCUT2D eigenvalue weighted by Crippen LogP contribution is -2.50. The predicted octanol–water partition coefficient (Wildman–Crippen LogP) is 3.10. The zero-order chi connectivity index (χ0) is 21.8. The van der Waals surface area contributed by atoms with Crippen molar-refractivity contribution in [2.24, 2.45) is 4.99 Å². The number of likely N-dealkylation sites (N-methyl/N-ethyl adjacent to an activating group) is 1. The van der Waals surface area contributed by atoms with Gasteiger partial charge in [0.1, 0.15) is 0 Å². The highest BCUT2D eigenvalue weighted by molar-refractivity contribution is 14.0. The summed E-state index contributed by atoms with van der Waals surface area (Å²) in [6.07, 6.45) is 1.09. The molecule has 1 heterocycles. The number of benzene rings is 1. The van der Waals surface area contributed by atoms with E-state index in [0.29, 0.717) is 12.1 Å². The first-order chi connectivity index (χ1) is 14.5. The molecule has 0 saturated carbocycles. The molecule has 31 heavy (non-hydrogen) atoms. The summed E-state index contributed by atoms with van der Waals surface area (Å²) >= 11 is 0. The van der Waals surface area contributed by atoms with E-state index >= 15 is 0 Å². The third kappa shape index (κ3) is 10.5. The highest BCUT2D eigenvalue weighted by Gasteiger charge is 2.20. The van der Waals surface area contributed by atoms with Crippen LogP contribution < -0.4 is 10.6 Å². The van der Waals surface area contributed by atoms with E-state index in [-0.39, 0.29) is 24.0 Å². The normalized spacial score (nSPS) is 17.8. The number of halogens is 1. The Morgan fingerprint density at radius 2 is 1.74 bits per heavy atom. The van der Waals surface area contributed by atoms with E-state index in [0.717, 1.165) is 58.2 Å². The number of nitrogens with one attached hydrogen (secondary N) is 2. The highest BCUT2D eigenvalue weighted by atomic mass is 127. The third-order valence-corrected chi connectivity index (χ3v) is 6.22. The monoisotopic (exact) mass is 544 g/mol. The fourth-order valence-electron chi connectivity index (χ4n) is 3.85. The number of hydrogen-bond acceptors (Lipinski definition) is 4. The standard InChI is InChI=1S/C24H44N6.HI/c1-6-25-24(27-19-22(4)30-17-15-29(7-2)16-18-30)26-14-13-21(3)28(5)20-23-11-9-8-10-12-23;/h8-12,21-22H,6-7,13-20H2,1-5H3,(H2,25,26,27);1H. The molecule has 0 radical (unpaired) electrons. The van der Waals surface area contributed by atoms with Gasteiger partial charge in [0, 0.05) is 57.9 Å². The SMILES string of the molecule is CCNC(=NCC(C)N1CCN(CC)CC1)NCCC(C)N(C)Cc1ccccc1.I. The Balaban J connectivity index is 0.00000480. The molecule has 1 saturated heterocycles. The largest absolute Gasteiger partial charge is 0.357 e. The molecule has 0 aliphatic carbocycles. The molecule has 1 aromatic carbocycles.